The van der Waals surface area contributed by atoms with Crippen molar-refractivity contribution in [2.45, 2.75) is 58.3 Å². The molecule has 0 saturated heterocycles. The van der Waals surface area contributed by atoms with Gasteiger partial charge < -0.3 is 14.2 Å². The minimum absolute atomic E-state index is 0.0366. The fraction of sp³-hybridized carbons (Fsp3) is 0.450. The first-order chi connectivity index (χ1) is 12.8. The van der Waals surface area contributed by atoms with E-state index in [4.69, 9.17) is 4.74 Å². The number of rotatable bonds is 5. The number of aliphatic hydroxyl groups excluding tert-OH is 1. The summed E-state index contributed by atoms with van der Waals surface area (Å²) in [5, 5.41) is 13.9. The second-order valence-electron chi connectivity index (χ2n) is 8.12. The number of aliphatic hydroxyl groups is 1. The van der Waals surface area contributed by atoms with E-state index < -0.39 is 5.60 Å². The molecule has 0 unspecified atom stereocenters. The molecule has 0 spiro atoms. The highest BCUT2D eigenvalue weighted by atomic mass is 16.6. The number of ether oxygens (including phenoxy) is 1. The second kappa shape index (κ2) is 6.49. The van der Waals surface area contributed by atoms with Gasteiger partial charge in [-0.1, -0.05) is 0 Å². The molecule has 0 aliphatic heterocycles. The topological polar surface area (TPSA) is 81.7 Å². The molecule has 0 bridgehead atoms. The van der Waals surface area contributed by atoms with Crippen molar-refractivity contribution in [3.63, 3.8) is 0 Å². The Kier molecular flexibility index (Phi) is 4.26. The molecule has 1 N–H and O–H groups in total. The zero-order chi connectivity index (χ0) is 19.2. The van der Waals surface area contributed by atoms with Gasteiger partial charge in [0.25, 0.3) is 0 Å². The molecule has 3 heterocycles. The fourth-order valence-corrected chi connectivity index (χ4v) is 3.13. The molecular weight excluding hydrogens is 344 g/mol. The molecule has 3 aromatic heterocycles. The van der Waals surface area contributed by atoms with Crippen LogP contribution >= 0.6 is 0 Å². The Balaban J connectivity index is 1.56. The number of aromatic nitrogens is 4. The van der Waals surface area contributed by atoms with Crippen LogP contribution in [-0.4, -0.2) is 35.8 Å². The predicted molar refractivity (Wildman–Crippen MR) is 99.6 cm³/mol. The summed E-state index contributed by atoms with van der Waals surface area (Å²) < 4.78 is 9.01. The lowest BCUT2D eigenvalue weighted by atomic mass is 10.1. The van der Waals surface area contributed by atoms with E-state index in [1.807, 2.05) is 31.4 Å². The Hall–Kier alpha value is -2.67. The molecule has 0 aromatic carbocycles. The fourth-order valence-electron chi connectivity index (χ4n) is 3.13. The number of imidazole rings is 1. The number of carbonyl (C=O) groups excluding carboxylic acids is 1. The smallest absolute Gasteiger partial charge is 0.341 e. The second-order valence-corrected chi connectivity index (χ2v) is 8.12. The van der Waals surface area contributed by atoms with Crippen LogP contribution in [0, 0.1) is 0 Å². The van der Waals surface area contributed by atoms with Gasteiger partial charge in [0.1, 0.15) is 11.2 Å². The first-order valence-electron chi connectivity index (χ1n) is 9.19. The van der Waals surface area contributed by atoms with Crippen LogP contribution in [0.25, 0.3) is 5.65 Å². The average molecular weight is 368 g/mol. The van der Waals surface area contributed by atoms with Crippen molar-refractivity contribution < 1.29 is 14.6 Å². The molecule has 3 aromatic rings. The van der Waals surface area contributed by atoms with Gasteiger partial charge in [0.05, 0.1) is 30.6 Å². The summed E-state index contributed by atoms with van der Waals surface area (Å²) in [5.41, 5.74) is 3.54. The number of fused-ring (bicyclic) bond motifs is 1. The molecule has 0 amide bonds. The Morgan fingerprint density at radius 3 is 2.74 bits per heavy atom. The van der Waals surface area contributed by atoms with Gasteiger partial charge in [-0.2, -0.15) is 5.10 Å². The van der Waals surface area contributed by atoms with Crippen LogP contribution in [-0.2, 0) is 17.9 Å². The zero-order valence-corrected chi connectivity index (χ0v) is 15.8. The highest BCUT2D eigenvalue weighted by molar-refractivity contribution is 5.89. The number of pyridine rings is 1. The Morgan fingerprint density at radius 1 is 1.30 bits per heavy atom. The first-order valence-corrected chi connectivity index (χ1v) is 9.19. The zero-order valence-electron chi connectivity index (χ0n) is 15.8. The summed E-state index contributed by atoms with van der Waals surface area (Å²) in [6, 6.07) is 2.05. The minimum atomic E-state index is -0.541. The number of esters is 1. The maximum absolute atomic E-state index is 12.1. The Bertz CT molecular complexity index is 992. The van der Waals surface area contributed by atoms with Gasteiger partial charge in [0, 0.05) is 24.2 Å². The van der Waals surface area contributed by atoms with E-state index in [0.717, 1.165) is 16.9 Å². The van der Waals surface area contributed by atoms with Gasteiger partial charge >= 0.3 is 5.97 Å². The van der Waals surface area contributed by atoms with Gasteiger partial charge in [-0.05, 0) is 51.2 Å². The number of carbonyl (C=O) groups is 1. The molecule has 27 heavy (non-hydrogen) atoms. The van der Waals surface area contributed by atoms with E-state index in [1.165, 1.54) is 24.6 Å². The van der Waals surface area contributed by atoms with Crippen molar-refractivity contribution in [3.05, 3.63) is 53.2 Å². The summed E-state index contributed by atoms with van der Waals surface area (Å²) in [7, 11) is 0. The Labute approximate surface area is 157 Å². The lowest BCUT2D eigenvalue weighted by Gasteiger charge is -2.18. The largest absolute Gasteiger partial charge is 0.456 e. The molecule has 1 aliphatic rings. The quantitative estimate of drug-likeness (QED) is 0.700. The SMILES string of the molecule is CC(C)(C)OC(=O)c1cnn(Cc2cn3cc(C4CC4)cc(CO)c3n2)c1. The molecule has 7 nitrogen and oxygen atoms in total. The third-order valence-corrected chi connectivity index (χ3v) is 4.51. The van der Waals surface area contributed by atoms with E-state index in [9.17, 15) is 9.90 Å². The number of hydrogen-bond donors (Lipinski definition) is 1. The van der Waals surface area contributed by atoms with Crippen molar-refractivity contribution in [2.24, 2.45) is 0 Å². The van der Waals surface area contributed by atoms with Crippen molar-refractivity contribution in [2.75, 3.05) is 0 Å². The summed E-state index contributed by atoms with van der Waals surface area (Å²) in [5.74, 6) is 0.216. The van der Waals surface area contributed by atoms with Crippen molar-refractivity contribution in [3.8, 4) is 0 Å². The van der Waals surface area contributed by atoms with Gasteiger partial charge in [0.2, 0.25) is 0 Å². The normalized spacial score (nSPS) is 14.7. The molecular formula is C20H24N4O3. The monoisotopic (exact) mass is 368 g/mol. The van der Waals surface area contributed by atoms with Gasteiger partial charge in [-0.25, -0.2) is 9.78 Å². The standard InChI is InChI=1S/C20H24N4O3/c1-20(2,3)27-19(26)16-7-21-24(9-16)11-17-10-23-8-14(13-4-5-13)6-15(12-25)18(23)22-17/h6-10,13,25H,4-5,11-12H2,1-3H3. The van der Waals surface area contributed by atoms with Crippen LogP contribution < -0.4 is 0 Å². The highest BCUT2D eigenvalue weighted by Gasteiger charge is 2.25. The summed E-state index contributed by atoms with van der Waals surface area (Å²) in [6.07, 6.45) is 9.64. The third-order valence-electron chi connectivity index (χ3n) is 4.51. The third kappa shape index (κ3) is 3.88. The van der Waals surface area contributed by atoms with Crippen molar-refractivity contribution >= 4 is 11.6 Å². The molecule has 142 valence electrons. The summed E-state index contributed by atoms with van der Waals surface area (Å²) >= 11 is 0. The van der Waals surface area contributed by atoms with Crippen LogP contribution in [0.4, 0.5) is 0 Å². The Morgan fingerprint density at radius 2 is 2.07 bits per heavy atom. The molecule has 1 aliphatic carbocycles. The molecule has 0 radical (unpaired) electrons. The maximum atomic E-state index is 12.1. The van der Waals surface area contributed by atoms with Crippen LogP contribution in [0.3, 0.4) is 0 Å². The average Bonchev–Trinajstić information content (AvgIpc) is 3.20. The maximum Gasteiger partial charge on any atom is 0.341 e. The predicted octanol–water partition coefficient (Wildman–Crippen LogP) is 2.90. The molecule has 0 atom stereocenters. The first kappa shape index (κ1) is 17.7. The van der Waals surface area contributed by atoms with Crippen LogP contribution in [0.5, 0.6) is 0 Å². The van der Waals surface area contributed by atoms with Gasteiger partial charge in [0.15, 0.2) is 0 Å². The molecule has 1 fully saturated rings. The lowest BCUT2D eigenvalue weighted by molar-refractivity contribution is 0.00694. The van der Waals surface area contributed by atoms with E-state index in [-0.39, 0.29) is 12.6 Å². The van der Waals surface area contributed by atoms with Crippen LogP contribution in [0.1, 0.15) is 66.7 Å². The van der Waals surface area contributed by atoms with E-state index >= 15 is 0 Å². The van der Waals surface area contributed by atoms with Crippen molar-refractivity contribution in [1.82, 2.24) is 19.2 Å². The van der Waals surface area contributed by atoms with Crippen LogP contribution in [0.2, 0.25) is 0 Å². The molecule has 4 rings (SSSR count). The van der Waals surface area contributed by atoms with Gasteiger partial charge in [-0.3, -0.25) is 4.68 Å². The van der Waals surface area contributed by atoms with E-state index in [2.05, 4.69) is 22.3 Å². The van der Waals surface area contributed by atoms with E-state index in [0.29, 0.717) is 18.0 Å². The molecule has 1 saturated carbocycles. The summed E-state index contributed by atoms with van der Waals surface area (Å²) in [6.45, 7) is 5.90. The molecule has 7 heteroatoms. The van der Waals surface area contributed by atoms with Gasteiger partial charge in [-0.15, -0.1) is 0 Å². The van der Waals surface area contributed by atoms with Crippen molar-refractivity contribution in [1.29, 1.82) is 0 Å². The number of nitrogens with zero attached hydrogens (tertiary/aromatic N) is 4. The lowest BCUT2D eigenvalue weighted by Crippen LogP contribution is -2.23. The minimum Gasteiger partial charge on any atom is -0.456 e. The van der Waals surface area contributed by atoms with E-state index in [1.54, 1.807) is 10.9 Å². The van der Waals surface area contributed by atoms with Crippen LogP contribution in [0.15, 0.2) is 30.9 Å². The number of hydrogen-bond acceptors (Lipinski definition) is 5. The summed E-state index contributed by atoms with van der Waals surface area (Å²) in [4.78, 5) is 16.8. The highest BCUT2D eigenvalue weighted by Crippen LogP contribution is 2.40.